The van der Waals surface area contributed by atoms with Gasteiger partial charge in [-0.15, -0.1) is 0 Å². The largest absolute Gasteiger partial charge is 0.0928 e. The van der Waals surface area contributed by atoms with Crippen LogP contribution in [0.25, 0.3) is 0 Å². The smallest absolute Gasteiger partial charge is 0.00342 e. The molecule has 0 saturated heterocycles. The SMILES string of the molecule is CCCC=CCCCBr. The van der Waals surface area contributed by atoms with E-state index in [1.54, 1.807) is 0 Å². The summed E-state index contributed by atoms with van der Waals surface area (Å²) in [6.07, 6.45) is 9.53. The van der Waals surface area contributed by atoms with Crippen molar-refractivity contribution in [2.45, 2.75) is 32.6 Å². The van der Waals surface area contributed by atoms with E-state index in [0.29, 0.717) is 0 Å². The predicted molar refractivity (Wildman–Crippen MR) is 47.1 cm³/mol. The molecule has 1 heteroatoms. The first-order valence-corrected chi connectivity index (χ1v) is 4.75. The molecule has 0 nitrogen and oxygen atoms in total. The van der Waals surface area contributed by atoms with Crippen LogP contribution in [0.5, 0.6) is 0 Å². The Morgan fingerprint density at radius 3 is 2.44 bits per heavy atom. The molecule has 0 bridgehead atoms. The van der Waals surface area contributed by atoms with Gasteiger partial charge in [-0.05, 0) is 19.3 Å². The fraction of sp³-hybridized carbons (Fsp3) is 0.750. The summed E-state index contributed by atoms with van der Waals surface area (Å²) in [7, 11) is 0. The molecule has 0 aliphatic rings. The van der Waals surface area contributed by atoms with Gasteiger partial charge in [0.2, 0.25) is 0 Å². The summed E-state index contributed by atoms with van der Waals surface area (Å²) in [6.45, 7) is 2.20. The van der Waals surface area contributed by atoms with Crippen LogP contribution in [0, 0.1) is 0 Å². The van der Waals surface area contributed by atoms with E-state index >= 15 is 0 Å². The number of allylic oxidation sites excluding steroid dienone is 2. The lowest BCUT2D eigenvalue weighted by Gasteiger charge is -1.86. The van der Waals surface area contributed by atoms with E-state index in [4.69, 9.17) is 0 Å². The van der Waals surface area contributed by atoms with Gasteiger partial charge in [0.15, 0.2) is 0 Å². The van der Waals surface area contributed by atoms with Crippen LogP contribution in [0.15, 0.2) is 12.2 Å². The maximum Gasteiger partial charge on any atom is 0.00342 e. The van der Waals surface area contributed by atoms with Gasteiger partial charge in [-0.3, -0.25) is 0 Å². The summed E-state index contributed by atoms with van der Waals surface area (Å²) in [5.41, 5.74) is 0. The van der Waals surface area contributed by atoms with Crippen LogP contribution in [-0.2, 0) is 0 Å². The summed E-state index contributed by atoms with van der Waals surface area (Å²) in [5.74, 6) is 0. The van der Waals surface area contributed by atoms with Gasteiger partial charge in [-0.2, -0.15) is 0 Å². The summed E-state index contributed by atoms with van der Waals surface area (Å²) >= 11 is 3.38. The molecule has 0 unspecified atom stereocenters. The Labute approximate surface area is 66.5 Å². The molecule has 0 aromatic rings. The van der Waals surface area contributed by atoms with Crippen LogP contribution in [0.1, 0.15) is 32.6 Å². The maximum atomic E-state index is 3.38. The molecule has 0 aliphatic carbocycles. The molecular weight excluding hydrogens is 176 g/mol. The van der Waals surface area contributed by atoms with Crippen molar-refractivity contribution in [3.8, 4) is 0 Å². The molecule has 0 rings (SSSR count). The number of halogens is 1. The van der Waals surface area contributed by atoms with Crippen LogP contribution in [0.2, 0.25) is 0 Å². The Hall–Kier alpha value is 0.220. The molecule has 0 heterocycles. The first kappa shape index (κ1) is 9.22. The average molecular weight is 191 g/mol. The van der Waals surface area contributed by atoms with Crippen molar-refractivity contribution in [1.82, 2.24) is 0 Å². The number of rotatable bonds is 5. The van der Waals surface area contributed by atoms with Gasteiger partial charge in [0.05, 0.1) is 0 Å². The Morgan fingerprint density at radius 2 is 1.89 bits per heavy atom. The summed E-state index contributed by atoms with van der Waals surface area (Å²) in [5, 5.41) is 1.13. The van der Waals surface area contributed by atoms with Crippen LogP contribution in [-0.4, -0.2) is 5.33 Å². The van der Waals surface area contributed by atoms with Gasteiger partial charge >= 0.3 is 0 Å². The van der Waals surface area contributed by atoms with Crippen molar-refractivity contribution < 1.29 is 0 Å². The van der Waals surface area contributed by atoms with Crippen LogP contribution < -0.4 is 0 Å². The fourth-order valence-corrected chi connectivity index (χ4v) is 0.921. The Morgan fingerprint density at radius 1 is 1.22 bits per heavy atom. The van der Waals surface area contributed by atoms with Crippen LogP contribution >= 0.6 is 15.9 Å². The molecule has 0 amide bonds. The van der Waals surface area contributed by atoms with Gasteiger partial charge in [-0.25, -0.2) is 0 Å². The lowest BCUT2D eigenvalue weighted by molar-refractivity contribution is 0.929. The molecule has 0 aliphatic heterocycles. The average Bonchev–Trinajstić information content (AvgIpc) is 1.89. The van der Waals surface area contributed by atoms with E-state index in [-0.39, 0.29) is 0 Å². The normalized spacial score (nSPS) is 10.9. The first-order chi connectivity index (χ1) is 4.41. The first-order valence-electron chi connectivity index (χ1n) is 3.62. The van der Waals surface area contributed by atoms with Crippen molar-refractivity contribution in [3.63, 3.8) is 0 Å². The van der Waals surface area contributed by atoms with Crippen molar-refractivity contribution >= 4 is 15.9 Å². The molecule has 0 atom stereocenters. The Bertz CT molecular complexity index is 67.0. The molecule has 0 saturated carbocycles. The molecule has 0 aromatic carbocycles. The molecule has 0 N–H and O–H groups in total. The van der Waals surface area contributed by atoms with Gasteiger partial charge in [-0.1, -0.05) is 41.4 Å². The van der Waals surface area contributed by atoms with Gasteiger partial charge in [0.1, 0.15) is 0 Å². The van der Waals surface area contributed by atoms with Crippen molar-refractivity contribution in [1.29, 1.82) is 0 Å². The highest BCUT2D eigenvalue weighted by atomic mass is 79.9. The lowest BCUT2D eigenvalue weighted by atomic mass is 10.2. The number of hydrogen-bond donors (Lipinski definition) is 0. The van der Waals surface area contributed by atoms with E-state index in [1.165, 1.54) is 25.7 Å². The minimum atomic E-state index is 1.13. The van der Waals surface area contributed by atoms with E-state index in [2.05, 4.69) is 35.0 Å². The number of unbranched alkanes of at least 4 members (excludes halogenated alkanes) is 2. The molecule has 0 aromatic heterocycles. The zero-order valence-corrected chi connectivity index (χ0v) is 7.65. The van der Waals surface area contributed by atoms with Crippen LogP contribution in [0.3, 0.4) is 0 Å². The van der Waals surface area contributed by atoms with Crippen molar-refractivity contribution in [2.24, 2.45) is 0 Å². The topological polar surface area (TPSA) is 0 Å². The minimum Gasteiger partial charge on any atom is -0.0928 e. The molecular formula is C8H15Br. The highest BCUT2D eigenvalue weighted by molar-refractivity contribution is 9.09. The molecule has 54 valence electrons. The third-order valence-electron chi connectivity index (χ3n) is 1.13. The summed E-state index contributed by atoms with van der Waals surface area (Å²) in [4.78, 5) is 0. The molecule has 0 spiro atoms. The van der Waals surface area contributed by atoms with Gasteiger partial charge in [0.25, 0.3) is 0 Å². The van der Waals surface area contributed by atoms with E-state index in [1.807, 2.05) is 0 Å². The third-order valence-corrected chi connectivity index (χ3v) is 1.69. The van der Waals surface area contributed by atoms with Crippen LogP contribution in [0.4, 0.5) is 0 Å². The second-order valence-corrected chi connectivity index (χ2v) is 2.88. The van der Waals surface area contributed by atoms with E-state index in [9.17, 15) is 0 Å². The van der Waals surface area contributed by atoms with E-state index in [0.717, 1.165) is 5.33 Å². The second kappa shape index (κ2) is 8.22. The lowest BCUT2D eigenvalue weighted by Crippen LogP contribution is -1.70. The Kier molecular flexibility index (Phi) is 8.42. The van der Waals surface area contributed by atoms with Crippen molar-refractivity contribution in [2.75, 3.05) is 5.33 Å². The fourth-order valence-electron chi connectivity index (χ4n) is 0.597. The Balaban J connectivity index is 2.86. The third kappa shape index (κ3) is 8.22. The summed E-state index contributed by atoms with van der Waals surface area (Å²) < 4.78 is 0. The zero-order chi connectivity index (χ0) is 6.95. The standard InChI is InChI=1S/C8H15Br/c1-2-3-4-5-6-7-8-9/h4-5H,2-3,6-8H2,1H3. The highest BCUT2D eigenvalue weighted by Gasteiger charge is 1.77. The monoisotopic (exact) mass is 190 g/mol. The van der Waals surface area contributed by atoms with Gasteiger partial charge < -0.3 is 0 Å². The quantitative estimate of drug-likeness (QED) is 0.354. The van der Waals surface area contributed by atoms with Crippen molar-refractivity contribution in [3.05, 3.63) is 12.2 Å². The number of alkyl halides is 1. The minimum absolute atomic E-state index is 1.13. The van der Waals surface area contributed by atoms with Gasteiger partial charge in [0, 0.05) is 5.33 Å². The second-order valence-electron chi connectivity index (χ2n) is 2.09. The molecule has 9 heavy (non-hydrogen) atoms. The highest BCUT2D eigenvalue weighted by Crippen LogP contribution is 1.96. The number of hydrogen-bond acceptors (Lipinski definition) is 0. The molecule has 0 fully saturated rings. The zero-order valence-electron chi connectivity index (χ0n) is 6.07. The van der Waals surface area contributed by atoms with E-state index < -0.39 is 0 Å². The molecule has 0 radical (unpaired) electrons. The maximum absolute atomic E-state index is 3.38. The summed E-state index contributed by atoms with van der Waals surface area (Å²) in [6, 6.07) is 0. The predicted octanol–water partition coefficient (Wildman–Crippen LogP) is 3.52.